The summed E-state index contributed by atoms with van der Waals surface area (Å²) in [6.45, 7) is 6.85. The summed E-state index contributed by atoms with van der Waals surface area (Å²) >= 11 is 0. The van der Waals surface area contributed by atoms with E-state index in [2.05, 4.69) is 183 Å². The molecule has 1 heterocycles. The number of allylic oxidation sites excluding steroid dienone is 8. The average molecular weight is 734 g/mol. The van der Waals surface area contributed by atoms with Crippen molar-refractivity contribution < 1.29 is 4.74 Å². The lowest BCUT2D eigenvalue weighted by Crippen LogP contribution is -2.23. The van der Waals surface area contributed by atoms with Crippen LogP contribution in [0.5, 0.6) is 5.75 Å². The van der Waals surface area contributed by atoms with Gasteiger partial charge in [0.05, 0.1) is 16.8 Å². The second-order valence-corrected chi connectivity index (χ2v) is 16.4. The molecule has 5 aliphatic rings. The summed E-state index contributed by atoms with van der Waals surface area (Å²) in [5.74, 6) is 1.81. The smallest absolute Gasteiger partial charge is 0.136 e. The highest BCUT2D eigenvalue weighted by molar-refractivity contribution is 6.01. The van der Waals surface area contributed by atoms with Gasteiger partial charge in [-0.25, -0.2) is 0 Å². The molecule has 1 atom stereocenters. The minimum Gasteiger partial charge on any atom is -0.461 e. The SMILES string of the molecule is C/C=C\C/C=C1\CC2(c3ccccc31)c1ccccc1-c1c(N(c3ccc4c(c3)C(C)(C)c3ccccc3-4)c3cccc4c3/C3=C/C=C=C/C=C(\C3)O4)cccc12. The lowest BCUT2D eigenvalue weighted by molar-refractivity contribution is 0.407. The van der Waals surface area contributed by atoms with Crippen molar-refractivity contribution in [3.05, 3.63) is 220 Å². The van der Waals surface area contributed by atoms with Crippen LogP contribution >= 0.6 is 0 Å². The van der Waals surface area contributed by atoms with Gasteiger partial charge in [0, 0.05) is 28.7 Å². The van der Waals surface area contributed by atoms with Crippen LogP contribution in [0.3, 0.4) is 0 Å². The van der Waals surface area contributed by atoms with Gasteiger partial charge in [-0.15, -0.1) is 5.73 Å². The van der Waals surface area contributed by atoms with Crippen LogP contribution < -0.4 is 9.64 Å². The Morgan fingerprint density at radius 3 is 2.14 bits per heavy atom. The standard InChI is InChI=1S/C55H43NO/c1-4-5-7-19-37-35-55(45-25-14-10-21-40(37)45)46-26-15-12-23-43(46)53-47(55)27-16-28-50(53)56(38-31-32-42-41-22-11-13-24-44(41)54(2,3)48(42)34-38)49-29-17-30-51-52(49)36-18-8-6-9-20-39(33-36)57-51/h4-5,8-32,34H,7,33,35H2,1-3H3/b5-4-,36-18+,37-19+,39-20+. The molecule has 6 aromatic carbocycles. The zero-order chi connectivity index (χ0) is 38.3. The van der Waals surface area contributed by atoms with Crippen LogP contribution in [0.2, 0.25) is 0 Å². The first kappa shape index (κ1) is 33.7. The quantitative estimate of drug-likeness (QED) is 0.129. The van der Waals surface area contributed by atoms with E-state index in [9.17, 15) is 0 Å². The zero-order valence-corrected chi connectivity index (χ0v) is 32.6. The molecule has 2 heteroatoms. The van der Waals surface area contributed by atoms with E-state index in [1.165, 1.54) is 72.5 Å². The molecule has 57 heavy (non-hydrogen) atoms. The minimum atomic E-state index is -0.300. The zero-order valence-electron chi connectivity index (χ0n) is 32.6. The number of hydrogen-bond donors (Lipinski definition) is 0. The van der Waals surface area contributed by atoms with Crippen molar-refractivity contribution >= 4 is 28.2 Å². The third-order valence-corrected chi connectivity index (χ3v) is 13.1. The van der Waals surface area contributed by atoms with Crippen LogP contribution in [0.15, 0.2) is 181 Å². The van der Waals surface area contributed by atoms with Crippen molar-refractivity contribution in [1.82, 2.24) is 0 Å². The van der Waals surface area contributed by atoms with Gasteiger partial charge < -0.3 is 9.64 Å². The second kappa shape index (κ2) is 12.7. The molecule has 1 unspecified atom stereocenters. The van der Waals surface area contributed by atoms with Crippen LogP contribution in [-0.4, -0.2) is 0 Å². The van der Waals surface area contributed by atoms with Gasteiger partial charge in [-0.05, 0) is 130 Å². The molecule has 0 N–H and O–H groups in total. The lowest BCUT2D eigenvalue weighted by Gasteiger charge is -2.34. The number of nitrogens with zero attached hydrogens (tertiary/aromatic N) is 1. The summed E-state index contributed by atoms with van der Waals surface area (Å²) in [4.78, 5) is 2.54. The maximum atomic E-state index is 6.66. The van der Waals surface area contributed by atoms with E-state index in [1.54, 1.807) is 0 Å². The van der Waals surface area contributed by atoms with Crippen molar-refractivity contribution in [3.63, 3.8) is 0 Å². The fourth-order valence-electron chi connectivity index (χ4n) is 10.6. The van der Waals surface area contributed by atoms with Crippen molar-refractivity contribution in [3.8, 4) is 28.0 Å². The topological polar surface area (TPSA) is 12.5 Å². The molecule has 2 bridgehead atoms. The van der Waals surface area contributed by atoms with Crippen LogP contribution in [-0.2, 0) is 10.8 Å². The molecule has 0 aromatic heterocycles. The van der Waals surface area contributed by atoms with E-state index in [0.29, 0.717) is 0 Å². The van der Waals surface area contributed by atoms with E-state index in [1.807, 2.05) is 18.2 Å². The van der Waals surface area contributed by atoms with E-state index in [-0.39, 0.29) is 10.8 Å². The Balaban J connectivity index is 1.20. The fourth-order valence-corrected chi connectivity index (χ4v) is 10.6. The van der Waals surface area contributed by atoms with Gasteiger partial charge >= 0.3 is 0 Å². The van der Waals surface area contributed by atoms with Crippen molar-refractivity contribution in [2.24, 2.45) is 0 Å². The first-order valence-electron chi connectivity index (χ1n) is 20.3. The molecular formula is C55H43NO. The van der Waals surface area contributed by atoms with Gasteiger partial charge in [-0.2, -0.15) is 0 Å². The Bertz CT molecular complexity index is 2890. The van der Waals surface area contributed by atoms with Crippen LogP contribution in [0, 0.1) is 0 Å². The number of anilines is 3. The van der Waals surface area contributed by atoms with Gasteiger partial charge in [-0.1, -0.05) is 135 Å². The monoisotopic (exact) mass is 733 g/mol. The molecule has 0 saturated carbocycles. The molecule has 274 valence electrons. The highest BCUT2D eigenvalue weighted by Gasteiger charge is 2.51. The maximum absolute atomic E-state index is 6.66. The van der Waals surface area contributed by atoms with Crippen molar-refractivity contribution in [2.45, 2.75) is 50.9 Å². The van der Waals surface area contributed by atoms with E-state index < -0.39 is 0 Å². The molecule has 0 radical (unpaired) electrons. The van der Waals surface area contributed by atoms with Gasteiger partial charge in [0.15, 0.2) is 0 Å². The van der Waals surface area contributed by atoms with E-state index in [4.69, 9.17) is 4.74 Å². The van der Waals surface area contributed by atoms with E-state index in [0.717, 1.165) is 47.7 Å². The van der Waals surface area contributed by atoms with Crippen LogP contribution in [0.4, 0.5) is 17.1 Å². The molecule has 0 fully saturated rings. The second-order valence-electron chi connectivity index (χ2n) is 16.4. The molecule has 11 rings (SSSR count). The molecule has 0 saturated heterocycles. The Morgan fingerprint density at radius 2 is 1.32 bits per heavy atom. The summed E-state index contributed by atoms with van der Waals surface area (Å²) in [5.41, 5.74) is 23.5. The van der Waals surface area contributed by atoms with Gasteiger partial charge in [0.2, 0.25) is 0 Å². The maximum Gasteiger partial charge on any atom is 0.136 e. The Kier molecular flexibility index (Phi) is 7.52. The van der Waals surface area contributed by atoms with Crippen LogP contribution in [0.1, 0.15) is 79.0 Å². The summed E-state index contributed by atoms with van der Waals surface area (Å²) in [6.07, 6.45) is 17.7. The lowest BCUT2D eigenvalue weighted by atomic mass is 9.73. The van der Waals surface area contributed by atoms with Crippen molar-refractivity contribution in [1.29, 1.82) is 0 Å². The first-order chi connectivity index (χ1) is 28.0. The number of fused-ring (bicyclic) bond motifs is 14. The molecular weight excluding hydrogens is 691 g/mol. The normalized spacial score (nSPS) is 21.0. The van der Waals surface area contributed by atoms with E-state index >= 15 is 0 Å². The minimum absolute atomic E-state index is 0.149. The van der Waals surface area contributed by atoms with Gasteiger partial charge in [0.25, 0.3) is 0 Å². The number of benzene rings is 6. The fraction of sp³-hybridized carbons (Fsp3) is 0.145. The molecule has 1 spiro atoms. The Hall–Kier alpha value is -6.60. The number of hydrogen-bond acceptors (Lipinski definition) is 2. The van der Waals surface area contributed by atoms with Crippen LogP contribution in [0.25, 0.3) is 33.4 Å². The predicted octanol–water partition coefficient (Wildman–Crippen LogP) is 14.3. The Labute approximate surface area is 335 Å². The van der Waals surface area contributed by atoms with Gasteiger partial charge in [-0.3, -0.25) is 0 Å². The third kappa shape index (κ3) is 4.84. The predicted molar refractivity (Wildman–Crippen MR) is 236 cm³/mol. The molecule has 1 aliphatic heterocycles. The number of ether oxygens (including phenoxy) is 1. The summed E-state index contributed by atoms with van der Waals surface area (Å²) in [6, 6.07) is 48.0. The molecule has 6 aromatic rings. The highest BCUT2D eigenvalue weighted by Crippen LogP contribution is 2.64. The third-order valence-electron chi connectivity index (χ3n) is 13.1. The highest BCUT2D eigenvalue weighted by atomic mass is 16.5. The first-order valence-corrected chi connectivity index (χ1v) is 20.3. The largest absolute Gasteiger partial charge is 0.461 e. The molecule has 0 amide bonds. The molecule has 2 nitrogen and oxygen atoms in total. The average Bonchev–Trinajstić information content (AvgIpc) is 3.80. The summed E-state index contributed by atoms with van der Waals surface area (Å²) in [5, 5.41) is 0. The van der Waals surface area contributed by atoms with Crippen molar-refractivity contribution in [2.75, 3.05) is 4.90 Å². The summed E-state index contributed by atoms with van der Waals surface area (Å²) in [7, 11) is 0. The molecule has 4 aliphatic carbocycles. The van der Waals surface area contributed by atoms with Gasteiger partial charge in [0.1, 0.15) is 11.5 Å². The Morgan fingerprint density at radius 1 is 0.649 bits per heavy atom. The summed E-state index contributed by atoms with van der Waals surface area (Å²) < 4.78 is 6.66. The number of rotatable bonds is 5.